The molecule has 17 heavy (non-hydrogen) atoms. The molecule has 0 radical (unpaired) electrons. The first-order valence-corrected chi connectivity index (χ1v) is 6.40. The van der Waals surface area contributed by atoms with Gasteiger partial charge in [-0.15, -0.1) is 0 Å². The van der Waals surface area contributed by atoms with E-state index < -0.39 is 11.5 Å². The number of hydrogen-bond acceptors (Lipinski definition) is 3. The van der Waals surface area contributed by atoms with Crippen molar-refractivity contribution in [2.24, 2.45) is 0 Å². The van der Waals surface area contributed by atoms with E-state index in [0.29, 0.717) is 13.0 Å². The van der Waals surface area contributed by atoms with Gasteiger partial charge in [0.2, 0.25) is 0 Å². The Kier molecular flexibility index (Phi) is 7.39. The molecular formula is C13H27NO3. The van der Waals surface area contributed by atoms with Crippen LogP contribution in [0.2, 0.25) is 0 Å². The number of carbonyl (C=O) groups is 1. The van der Waals surface area contributed by atoms with Crippen molar-refractivity contribution in [1.82, 2.24) is 5.32 Å². The Hall–Kier alpha value is -0.610. The summed E-state index contributed by atoms with van der Waals surface area (Å²) in [7, 11) is 0. The number of ether oxygens (including phenoxy) is 1. The Bertz CT molecular complexity index is 229. The van der Waals surface area contributed by atoms with Gasteiger partial charge in [0.1, 0.15) is 5.54 Å². The minimum Gasteiger partial charge on any atom is -0.480 e. The smallest absolute Gasteiger partial charge is 0.323 e. The minimum absolute atomic E-state index is 0.169. The molecular weight excluding hydrogens is 218 g/mol. The molecule has 0 amide bonds. The zero-order chi connectivity index (χ0) is 13.5. The lowest BCUT2D eigenvalue weighted by atomic mass is 9.94. The van der Waals surface area contributed by atoms with E-state index in [1.54, 1.807) is 6.92 Å². The molecule has 0 aromatic rings. The molecule has 0 spiro atoms. The average Bonchev–Trinajstić information content (AvgIpc) is 2.15. The van der Waals surface area contributed by atoms with E-state index in [4.69, 9.17) is 4.74 Å². The second-order valence-electron chi connectivity index (χ2n) is 5.31. The summed E-state index contributed by atoms with van der Waals surface area (Å²) in [6.45, 7) is 10.4. The maximum Gasteiger partial charge on any atom is 0.323 e. The molecule has 0 aliphatic carbocycles. The third-order valence-electron chi connectivity index (χ3n) is 2.60. The summed E-state index contributed by atoms with van der Waals surface area (Å²) in [4.78, 5) is 11.2. The first-order chi connectivity index (χ1) is 7.78. The van der Waals surface area contributed by atoms with Gasteiger partial charge in [0.25, 0.3) is 0 Å². The largest absolute Gasteiger partial charge is 0.480 e. The topological polar surface area (TPSA) is 58.6 Å². The molecule has 0 rings (SSSR count). The first kappa shape index (κ1) is 16.4. The van der Waals surface area contributed by atoms with Crippen molar-refractivity contribution in [3.63, 3.8) is 0 Å². The summed E-state index contributed by atoms with van der Waals surface area (Å²) >= 11 is 0. The van der Waals surface area contributed by atoms with Crippen LogP contribution in [-0.4, -0.2) is 35.4 Å². The van der Waals surface area contributed by atoms with E-state index in [2.05, 4.69) is 5.32 Å². The van der Waals surface area contributed by atoms with Crippen molar-refractivity contribution in [3.8, 4) is 0 Å². The highest BCUT2D eigenvalue weighted by Crippen LogP contribution is 2.15. The van der Waals surface area contributed by atoms with Crippen molar-refractivity contribution in [2.75, 3.05) is 6.61 Å². The zero-order valence-electron chi connectivity index (χ0n) is 11.7. The number of aliphatic carboxylic acids is 1. The van der Waals surface area contributed by atoms with Gasteiger partial charge in [0, 0.05) is 12.6 Å². The molecule has 0 saturated heterocycles. The van der Waals surface area contributed by atoms with Crippen LogP contribution in [0, 0.1) is 0 Å². The van der Waals surface area contributed by atoms with Crippen molar-refractivity contribution in [3.05, 3.63) is 0 Å². The molecule has 0 aromatic carbocycles. The summed E-state index contributed by atoms with van der Waals surface area (Å²) in [5.41, 5.74) is -0.827. The minimum atomic E-state index is -0.827. The van der Waals surface area contributed by atoms with Gasteiger partial charge in [0.15, 0.2) is 0 Å². The molecule has 4 nitrogen and oxygen atoms in total. The molecule has 2 N–H and O–H groups in total. The van der Waals surface area contributed by atoms with Crippen molar-refractivity contribution < 1.29 is 14.6 Å². The predicted molar refractivity (Wildman–Crippen MR) is 69.3 cm³/mol. The lowest BCUT2D eigenvalue weighted by molar-refractivity contribution is -0.144. The van der Waals surface area contributed by atoms with Crippen LogP contribution in [0.25, 0.3) is 0 Å². The van der Waals surface area contributed by atoms with Crippen molar-refractivity contribution in [1.29, 1.82) is 0 Å². The second kappa shape index (κ2) is 7.67. The zero-order valence-corrected chi connectivity index (χ0v) is 11.7. The van der Waals surface area contributed by atoms with Crippen LogP contribution in [0.1, 0.15) is 53.9 Å². The third kappa shape index (κ3) is 7.34. The first-order valence-electron chi connectivity index (χ1n) is 6.40. The highest BCUT2D eigenvalue weighted by atomic mass is 16.5. The summed E-state index contributed by atoms with van der Waals surface area (Å²) < 4.78 is 5.43. The van der Waals surface area contributed by atoms with Crippen LogP contribution in [0.5, 0.6) is 0 Å². The second-order valence-corrected chi connectivity index (χ2v) is 5.31. The van der Waals surface area contributed by atoms with Crippen LogP contribution in [0.15, 0.2) is 0 Å². The van der Waals surface area contributed by atoms with Crippen LogP contribution < -0.4 is 5.32 Å². The highest BCUT2D eigenvalue weighted by Gasteiger charge is 2.32. The fraction of sp³-hybridized carbons (Fsp3) is 0.923. The van der Waals surface area contributed by atoms with Gasteiger partial charge < -0.3 is 9.84 Å². The molecule has 0 aliphatic rings. The monoisotopic (exact) mass is 245 g/mol. The molecule has 0 aliphatic heterocycles. The number of unbranched alkanes of at least 4 members (excludes halogenated alkanes) is 1. The van der Waals surface area contributed by atoms with Gasteiger partial charge in [-0.05, 0) is 53.9 Å². The van der Waals surface area contributed by atoms with Gasteiger partial charge in [-0.2, -0.15) is 0 Å². The van der Waals surface area contributed by atoms with E-state index in [0.717, 1.165) is 12.8 Å². The van der Waals surface area contributed by atoms with E-state index in [1.165, 1.54) is 0 Å². The Morgan fingerprint density at radius 1 is 1.29 bits per heavy atom. The van der Waals surface area contributed by atoms with E-state index in [1.807, 2.05) is 27.7 Å². The van der Waals surface area contributed by atoms with Crippen molar-refractivity contribution in [2.45, 2.75) is 71.6 Å². The van der Waals surface area contributed by atoms with Gasteiger partial charge in [0.05, 0.1) is 6.10 Å². The number of rotatable bonds is 9. The lowest BCUT2D eigenvalue weighted by Gasteiger charge is -2.28. The Morgan fingerprint density at radius 3 is 2.29 bits per heavy atom. The SMILES string of the molecule is CC(C)NC(C)(CCCCOC(C)C)C(=O)O. The third-order valence-corrected chi connectivity index (χ3v) is 2.60. The van der Waals surface area contributed by atoms with Crippen LogP contribution >= 0.6 is 0 Å². The van der Waals surface area contributed by atoms with Crippen LogP contribution in [0.3, 0.4) is 0 Å². The molecule has 0 heterocycles. The Labute approximate surface area is 105 Å². The van der Waals surface area contributed by atoms with Gasteiger partial charge in [-0.3, -0.25) is 10.1 Å². The number of carboxylic acid groups (broad SMARTS) is 1. The van der Waals surface area contributed by atoms with E-state index >= 15 is 0 Å². The molecule has 1 unspecified atom stereocenters. The summed E-state index contributed by atoms with van der Waals surface area (Å²) in [5, 5.41) is 12.3. The number of carboxylic acids is 1. The fourth-order valence-corrected chi connectivity index (χ4v) is 1.78. The molecule has 0 fully saturated rings. The highest BCUT2D eigenvalue weighted by molar-refractivity contribution is 5.78. The molecule has 0 saturated carbocycles. The average molecular weight is 245 g/mol. The standard InChI is InChI=1S/C13H27NO3/c1-10(2)14-13(5,12(15)16)8-6-7-9-17-11(3)4/h10-11,14H,6-9H2,1-5H3,(H,15,16). The van der Waals surface area contributed by atoms with Gasteiger partial charge in [-0.25, -0.2) is 0 Å². The Balaban J connectivity index is 3.97. The molecule has 0 aromatic heterocycles. The summed E-state index contributed by atoms with van der Waals surface area (Å²) in [6, 6.07) is 0.169. The summed E-state index contributed by atoms with van der Waals surface area (Å²) in [5.74, 6) is -0.782. The number of hydrogen-bond donors (Lipinski definition) is 2. The van der Waals surface area contributed by atoms with Crippen LogP contribution in [0.4, 0.5) is 0 Å². The molecule has 1 atom stereocenters. The lowest BCUT2D eigenvalue weighted by Crippen LogP contribution is -2.52. The maximum absolute atomic E-state index is 11.2. The molecule has 102 valence electrons. The predicted octanol–water partition coefficient (Wildman–Crippen LogP) is 2.42. The summed E-state index contributed by atoms with van der Waals surface area (Å²) in [6.07, 6.45) is 2.63. The Morgan fingerprint density at radius 2 is 1.88 bits per heavy atom. The van der Waals surface area contributed by atoms with Crippen molar-refractivity contribution >= 4 is 5.97 Å². The quantitative estimate of drug-likeness (QED) is 0.612. The van der Waals surface area contributed by atoms with E-state index in [9.17, 15) is 9.90 Å². The number of nitrogens with one attached hydrogen (secondary N) is 1. The van der Waals surface area contributed by atoms with E-state index in [-0.39, 0.29) is 12.1 Å². The maximum atomic E-state index is 11.2. The van der Waals surface area contributed by atoms with Crippen LogP contribution in [-0.2, 0) is 9.53 Å². The molecule has 0 bridgehead atoms. The normalized spacial score (nSPS) is 15.2. The molecule has 4 heteroatoms. The fourth-order valence-electron chi connectivity index (χ4n) is 1.78. The van der Waals surface area contributed by atoms with Gasteiger partial charge >= 0.3 is 5.97 Å². The van der Waals surface area contributed by atoms with Gasteiger partial charge in [-0.1, -0.05) is 0 Å².